The maximum Gasteiger partial charge on any atom is 0.280 e. The Morgan fingerprint density at radius 3 is 2.57 bits per heavy atom. The number of rotatable bonds is 4. The number of aromatic nitrogens is 2. The lowest BCUT2D eigenvalue weighted by Gasteiger charge is -2.10. The molecule has 23 heavy (non-hydrogen) atoms. The van der Waals surface area contributed by atoms with Crippen molar-refractivity contribution in [2.75, 3.05) is 10.6 Å². The first-order valence-electron chi connectivity index (χ1n) is 6.48. The van der Waals surface area contributed by atoms with Gasteiger partial charge in [0.05, 0.1) is 22.5 Å². The Labute approximate surface area is 135 Å². The van der Waals surface area contributed by atoms with Crippen LogP contribution in [0.15, 0.2) is 24.4 Å². The average molecular weight is 343 g/mol. The van der Waals surface area contributed by atoms with E-state index in [4.69, 9.17) is 11.6 Å². The van der Waals surface area contributed by atoms with Gasteiger partial charge in [-0.1, -0.05) is 11.6 Å². The number of hydrogen-bond donors (Lipinski definition) is 2. The van der Waals surface area contributed by atoms with Crippen LogP contribution in [0, 0.1) is 0 Å². The van der Waals surface area contributed by atoms with Gasteiger partial charge < -0.3 is 10.6 Å². The van der Waals surface area contributed by atoms with Crippen molar-refractivity contribution in [3.8, 4) is 0 Å². The van der Waals surface area contributed by atoms with E-state index in [-0.39, 0.29) is 22.2 Å². The minimum absolute atomic E-state index is 0.159. The Morgan fingerprint density at radius 1 is 1.30 bits per heavy atom. The van der Waals surface area contributed by atoms with Crippen molar-refractivity contribution >= 4 is 34.8 Å². The van der Waals surface area contributed by atoms with Gasteiger partial charge in [0.2, 0.25) is 5.91 Å². The summed E-state index contributed by atoms with van der Waals surface area (Å²) in [5.74, 6) is -1.02. The van der Waals surface area contributed by atoms with Crippen molar-refractivity contribution in [1.29, 1.82) is 0 Å². The largest absolute Gasteiger partial charge is 0.326 e. The lowest BCUT2D eigenvalue weighted by Crippen LogP contribution is -2.15. The molecule has 6 nitrogen and oxygen atoms in total. The second-order valence-electron chi connectivity index (χ2n) is 4.70. The van der Waals surface area contributed by atoms with E-state index in [1.54, 1.807) is 0 Å². The van der Waals surface area contributed by atoms with Gasteiger partial charge in [0.15, 0.2) is 0 Å². The van der Waals surface area contributed by atoms with E-state index in [0.717, 1.165) is 10.9 Å². The van der Waals surface area contributed by atoms with Crippen molar-refractivity contribution in [1.82, 2.24) is 9.78 Å². The SMILES string of the molecule is CC(=O)Nc1ccc(NC(=O)c2cnn(C)c2C(F)F)c(Cl)c1. The Hall–Kier alpha value is -2.48. The Morgan fingerprint density at radius 2 is 2.00 bits per heavy atom. The van der Waals surface area contributed by atoms with Crippen molar-refractivity contribution in [2.45, 2.75) is 13.3 Å². The third-order valence-electron chi connectivity index (χ3n) is 2.97. The van der Waals surface area contributed by atoms with Crippen molar-refractivity contribution in [2.24, 2.45) is 7.05 Å². The molecule has 2 N–H and O–H groups in total. The molecule has 0 aliphatic heterocycles. The topological polar surface area (TPSA) is 76.0 Å². The number of alkyl halides is 2. The number of aryl methyl sites for hydroxylation is 1. The number of nitrogens with zero attached hydrogens (tertiary/aromatic N) is 2. The predicted molar refractivity (Wildman–Crippen MR) is 81.9 cm³/mol. The highest BCUT2D eigenvalue weighted by Crippen LogP contribution is 2.27. The summed E-state index contributed by atoms with van der Waals surface area (Å²) in [6.45, 7) is 1.35. The van der Waals surface area contributed by atoms with Crippen LogP contribution in [0.5, 0.6) is 0 Å². The molecule has 1 aromatic heterocycles. The molecule has 0 atom stereocenters. The Bertz CT molecular complexity index is 761. The van der Waals surface area contributed by atoms with Crippen LogP contribution in [0.3, 0.4) is 0 Å². The van der Waals surface area contributed by atoms with Crippen LogP contribution in [0.2, 0.25) is 5.02 Å². The molecule has 2 aromatic rings. The van der Waals surface area contributed by atoms with E-state index in [1.165, 1.54) is 32.2 Å². The predicted octanol–water partition coefficient (Wildman–Crippen LogP) is 3.22. The highest BCUT2D eigenvalue weighted by atomic mass is 35.5. The number of benzene rings is 1. The number of hydrogen-bond acceptors (Lipinski definition) is 3. The summed E-state index contributed by atoms with van der Waals surface area (Å²) in [4.78, 5) is 23.1. The number of carbonyl (C=O) groups is 2. The summed E-state index contributed by atoms with van der Waals surface area (Å²) < 4.78 is 26.9. The van der Waals surface area contributed by atoms with Crippen LogP contribution in [0.1, 0.15) is 29.4 Å². The standard InChI is InChI=1S/C14H13ClF2N4O2/c1-7(22)19-8-3-4-11(10(15)5-8)20-14(23)9-6-18-21(2)12(9)13(16)17/h3-6,13H,1-2H3,(H,19,22)(H,20,23). The third kappa shape index (κ3) is 3.84. The molecule has 1 heterocycles. The van der Waals surface area contributed by atoms with Crippen LogP contribution in [0.25, 0.3) is 0 Å². The molecule has 0 spiro atoms. The molecule has 122 valence electrons. The summed E-state index contributed by atoms with van der Waals surface area (Å²) in [6, 6.07) is 4.43. The summed E-state index contributed by atoms with van der Waals surface area (Å²) >= 11 is 6.02. The van der Waals surface area contributed by atoms with Crippen molar-refractivity contribution < 1.29 is 18.4 Å². The molecule has 0 radical (unpaired) electrons. The van der Waals surface area contributed by atoms with Gasteiger partial charge >= 0.3 is 0 Å². The molecule has 0 saturated carbocycles. The first-order chi connectivity index (χ1) is 10.8. The summed E-state index contributed by atoms with van der Waals surface area (Å²) in [5.41, 5.74) is -0.0250. The minimum atomic E-state index is -2.83. The lowest BCUT2D eigenvalue weighted by molar-refractivity contribution is -0.114. The quantitative estimate of drug-likeness (QED) is 0.895. The fourth-order valence-corrected chi connectivity index (χ4v) is 2.20. The van der Waals surface area contributed by atoms with Crippen molar-refractivity contribution in [3.63, 3.8) is 0 Å². The van der Waals surface area contributed by atoms with Crippen LogP contribution in [0.4, 0.5) is 20.2 Å². The highest BCUT2D eigenvalue weighted by Gasteiger charge is 2.23. The fourth-order valence-electron chi connectivity index (χ4n) is 1.97. The number of halogens is 3. The van der Waals surface area contributed by atoms with Crippen LogP contribution < -0.4 is 10.6 Å². The molecule has 0 unspecified atom stereocenters. The number of carbonyl (C=O) groups excluding carboxylic acids is 2. The Balaban J connectivity index is 2.22. The zero-order valence-electron chi connectivity index (χ0n) is 12.2. The molecule has 2 rings (SSSR count). The lowest BCUT2D eigenvalue weighted by atomic mass is 10.2. The molecular weight excluding hydrogens is 330 g/mol. The van der Waals surface area contributed by atoms with E-state index >= 15 is 0 Å². The Kier molecular flexibility index (Phi) is 4.95. The van der Waals surface area contributed by atoms with Crippen LogP contribution in [-0.4, -0.2) is 21.6 Å². The maximum atomic E-state index is 13.0. The molecule has 0 fully saturated rings. The number of anilines is 2. The second-order valence-corrected chi connectivity index (χ2v) is 5.10. The monoisotopic (exact) mass is 342 g/mol. The smallest absolute Gasteiger partial charge is 0.280 e. The highest BCUT2D eigenvalue weighted by molar-refractivity contribution is 6.34. The molecule has 9 heteroatoms. The molecule has 0 saturated heterocycles. The zero-order chi connectivity index (χ0) is 17.1. The first-order valence-corrected chi connectivity index (χ1v) is 6.86. The van der Waals surface area contributed by atoms with E-state index in [9.17, 15) is 18.4 Å². The van der Waals surface area contributed by atoms with Gasteiger partial charge in [-0.15, -0.1) is 0 Å². The average Bonchev–Trinajstić information content (AvgIpc) is 2.83. The van der Waals surface area contributed by atoms with E-state index in [2.05, 4.69) is 15.7 Å². The summed E-state index contributed by atoms with van der Waals surface area (Å²) in [5, 5.41) is 8.81. The van der Waals surface area contributed by atoms with Gasteiger partial charge in [0, 0.05) is 19.7 Å². The van der Waals surface area contributed by atoms with Gasteiger partial charge in [-0.25, -0.2) is 8.78 Å². The van der Waals surface area contributed by atoms with E-state index in [1.807, 2.05) is 0 Å². The van der Waals surface area contributed by atoms with Crippen LogP contribution in [-0.2, 0) is 11.8 Å². The first kappa shape index (κ1) is 16.9. The minimum Gasteiger partial charge on any atom is -0.326 e. The molecule has 1 aromatic carbocycles. The van der Waals surface area contributed by atoms with Gasteiger partial charge in [0.25, 0.3) is 12.3 Å². The molecule has 0 aliphatic rings. The van der Waals surface area contributed by atoms with Gasteiger partial charge in [0.1, 0.15) is 5.69 Å². The normalized spacial score (nSPS) is 10.7. The van der Waals surface area contributed by atoms with Gasteiger partial charge in [-0.2, -0.15) is 5.10 Å². The second kappa shape index (κ2) is 6.74. The third-order valence-corrected chi connectivity index (χ3v) is 3.29. The molecule has 0 aliphatic carbocycles. The van der Waals surface area contributed by atoms with Crippen molar-refractivity contribution in [3.05, 3.63) is 40.7 Å². The van der Waals surface area contributed by atoms with E-state index < -0.39 is 18.0 Å². The zero-order valence-corrected chi connectivity index (χ0v) is 13.0. The van der Waals surface area contributed by atoms with E-state index in [0.29, 0.717) is 5.69 Å². The molecule has 2 amide bonds. The summed E-state index contributed by atoms with van der Waals surface area (Å²) in [6.07, 6.45) is -1.77. The van der Waals surface area contributed by atoms with Gasteiger partial charge in [-0.05, 0) is 18.2 Å². The fraction of sp³-hybridized carbons (Fsp3) is 0.214. The van der Waals surface area contributed by atoms with Gasteiger partial charge in [-0.3, -0.25) is 14.3 Å². The molecular formula is C14H13ClF2N4O2. The number of nitrogens with one attached hydrogen (secondary N) is 2. The van der Waals surface area contributed by atoms with Crippen LogP contribution >= 0.6 is 11.6 Å². The maximum absolute atomic E-state index is 13.0. The molecule has 0 bridgehead atoms. The number of amides is 2. The summed E-state index contributed by atoms with van der Waals surface area (Å²) in [7, 11) is 1.33.